The van der Waals surface area contributed by atoms with Gasteiger partial charge in [0.25, 0.3) is 5.91 Å². The molecule has 0 saturated heterocycles. The van der Waals surface area contributed by atoms with Gasteiger partial charge < -0.3 is 10.4 Å². The molecular weight excluding hydrogens is 292 g/mol. The molecule has 0 heterocycles. The smallest absolute Gasteiger partial charge is 0.252 e. The van der Waals surface area contributed by atoms with Gasteiger partial charge in [-0.25, -0.2) is 12.7 Å². The first-order valence-corrected chi connectivity index (χ1v) is 7.23. The van der Waals surface area contributed by atoms with Crippen molar-refractivity contribution in [1.82, 2.24) is 9.62 Å². The quantitative estimate of drug-likeness (QED) is 0.820. The molecule has 106 valence electrons. The first-order chi connectivity index (χ1) is 8.80. The van der Waals surface area contributed by atoms with E-state index in [-0.39, 0.29) is 28.6 Å². The molecule has 0 unspecified atom stereocenters. The number of benzene rings is 1. The lowest BCUT2D eigenvalue weighted by molar-refractivity contribution is 0.0944. The summed E-state index contributed by atoms with van der Waals surface area (Å²) in [4.78, 5) is 11.7. The third kappa shape index (κ3) is 3.66. The minimum absolute atomic E-state index is 0.0175. The van der Waals surface area contributed by atoms with Crippen LogP contribution >= 0.6 is 11.6 Å². The summed E-state index contributed by atoms with van der Waals surface area (Å²) >= 11 is 5.87. The third-order valence-electron chi connectivity index (χ3n) is 2.36. The number of carbonyl (C=O) groups is 1. The highest BCUT2D eigenvalue weighted by Gasteiger charge is 2.20. The summed E-state index contributed by atoms with van der Waals surface area (Å²) < 4.78 is 24.9. The van der Waals surface area contributed by atoms with Gasteiger partial charge >= 0.3 is 0 Å². The minimum Gasteiger partial charge on any atom is -0.395 e. The topological polar surface area (TPSA) is 86.7 Å². The summed E-state index contributed by atoms with van der Waals surface area (Å²) in [6.45, 7) is -0.140. The Hall–Kier alpha value is -1.15. The zero-order valence-electron chi connectivity index (χ0n) is 10.6. The van der Waals surface area contributed by atoms with E-state index in [2.05, 4.69) is 5.32 Å². The summed E-state index contributed by atoms with van der Waals surface area (Å²) in [6.07, 6.45) is 0. The Morgan fingerprint density at radius 1 is 1.42 bits per heavy atom. The van der Waals surface area contributed by atoms with Crippen LogP contribution in [0.1, 0.15) is 10.4 Å². The van der Waals surface area contributed by atoms with E-state index in [0.29, 0.717) is 0 Å². The molecule has 0 atom stereocenters. The fourth-order valence-corrected chi connectivity index (χ4v) is 2.45. The van der Waals surface area contributed by atoms with E-state index in [4.69, 9.17) is 16.7 Å². The molecule has 0 radical (unpaired) electrons. The lowest BCUT2D eigenvalue weighted by Crippen LogP contribution is -2.27. The molecule has 0 aliphatic carbocycles. The normalized spacial score (nSPS) is 11.6. The molecule has 8 heteroatoms. The van der Waals surface area contributed by atoms with Crippen LogP contribution in [0, 0.1) is 0 Å². The van der Waals surface area contributed by atoms with Gasteiger partial charge in [0.15, 0.2) is 0 Å². The molecule has 0 spiro atoms. The van der Waals surface area contributed by atoms with Crippen LogP contribution in [-0.2, 0) is 10.0 Å². The maximum Gasteiger partial charge on any atom is 0.252 e. The molecule has 19 heavy (non-hydrogen) atoms. The molecule has 1 rings (SSSR count). The monoisotopic (exact) mass is 306 g/mol. The molecule has 2 N–H and O–H groups in total. The molecule has 1 aromatic carbocycles. The van der Waals surface area contributed by atoms with Crippen LogP contribution in [0.25, 0.3) is 0 Å². The van der Waals surface area contributed by atoms with E-state index in [0.717, 1.165) is 4.31 Å². The molecule has 1 amide bonds. The molecule has 6 nitrogen and oxygen atoms in total. The van der Waals surface area contributed by atoms with Crippen LogP contribution in [0.4, 0.5) is 0 Å². The molecule has 0 fully saturated rings. The van der Waals surface area contributed by atoms with Crippen LogP contribution in [0.15, 0.2) is 23.1 Å². The lowest BCUT2D eigenvalue weighted by atomic mass is 10.2. The van der Waals surface area contributed by atoms with Gasteiger partial charge in [0.2, 0.25) is 10.0 Å². The van der Waals surface area contributed by atoms with Gasteiger partial charge in [-0.15, -0.1) is 0 Å². The maximum absolute atomic E-state index is 11.9. The predicted molar refractivity (Wildman–Crippen MR) is 71.7 cm³/mol. The van der Waals surface area contributed by atoms with Crippen molar-refractivity contribution in [2.45, 2.75) is 4.90 Å². The van der Waals surface area contributed by atoms with Crippen LogP contribution in [-0.4, -0.2) is 51.0 Å². The summed E-state index contributed by atoms with van der Waals surface area (Å²) in [5.41, 5.74) is 0.0537. The summed E-state index contributed by atoms with van der Waals surface area (Å²) in [7, 11) is -0.828. The second-order valence-corrected chi connectivity index (χ2v) is 6.47. The number of nitrogens with one attached hydrogen (secondary N) is 1. The van der Waals surface area contributed by atoms with Crippen LogP contribution in [0.2, 0.25) is 5.02 Å². The average Bonchev–Trinajstić information content (AvgIpc) is 2.36. The third-order valence-corrected chi connectivity index (χ3v) is 4.50. The van der Waals surface area contributed by atoms with E-state index in [9.17, 15) is 13.2 Å². The number of hydrogen-bond donors (Lipinski definition) is 2. The number of rotatable bonds is 5. The largest absolute Gasteiger partial charge is 0.395 e. The number of hydrogen-bond acceptors (Lipinski definition) is 4. The highest BCUT2D eigenvalue weighted by Crippen LogP contribution is 2.22. The van der Waals surface area contributed by atoms with Crippen LogP contribution in [0.5, 0.6) is 0 Å². The first kappa shape index (κ1) is 15.9. The Balaban J connectivity index is 3.18. The van der Waals surface area contributed by atoms with Gasteiger partial charge in [-0.3, -0.25) is 4.79 Å². The van der Waals surface area contributed by atoms with Crippen molar-refractivity contribution < 1.29 is 18.3 Å². The fraction of sp³-hybridized carbons (Fsp3) is 0.364. The van der Waals surface area contributed by atoms with Crippen molar-refractivity contribution >= 4 is 27.5 Å². The summed E-state index contributed by atoms with van der Waals surface area (Å²) in [5.74, 6) is -0.533. The summed E-state index contributed by atoms with van der Waals surface area (Å²) in [5, 5.41) is 11.2. The maximum atomic E-state index is 11.9. The van der Waals surface area contributed by atoms with Gasteiger partial charge in [0.1, 0.15) is 0 Å². The summed E-state index contributed by atoms with van der Waals surface area (Å²) in [6, 6.07) is 3.90. The molecule has 0 bridgehead atoms. The number of sulfonamides is 1. The van der Waals surface area contributed by atoms with Crippen molar-refractivity contribution in [2.24, 2.45) is 0 Å². The van der Waals surface area contributed by atoms with Gasteiger partial charge in [0, 0.05) is 20.6 Å². The Bertz CT molecular complexity index is 572. The number of aliphatic hydroxyl groups is 1. The van der Waals surface area contributed by atoms with E-state index in [1.165, 1.54) is 32.3 Å². The minimum atomic E-state index is -3.62. The Kier molecular flexibility index (Phi) is 5.30. The van der Waals surface area contributed by atoms with E-state index >= 15 is 0 Å². The van der Waals surface area contributed by atoms with Crippen molar-refractivity contribution in [2.75, 3.05) is 27.2 Å². The van der Waals surface area contributed by atoms with Crippen LogP contribution in [0.3, 0.4) is 0 Å². The number of aliphatic hydroxyl groups excluding tert-OH is 1. The Morgan fingerprint density at radius 2 is 2.05 bits per heavy atom. The lowest BCUT2D eigenvalue weighted by Gasteiger charge is -2.13. The first-order valence-electron chi connectivity index (χ1n) is 5.42. The highest BCUT2D eigenvalue weighted by atomic mass is 35.5. The van der Waals surface area contributed by atoms with Gasteiger partial charge in [-0.05, 0) is 18.2 Å². The second-order valence-electron chi connectivity index (χ2n) is 3.91. The number of carbonyl (C=O) groups excluding carboxylic acids is 1. The van der Waals surface area contributed by atoms with Crippen LogP contribution < -0.4 is 5.32 Å². The van der Waals surface area contributed by atoms with Crippen molar-refractivity contribution in [1.29, 1.82) is 0 Å². The number of nitrogens with zero attached hydrogens (tertiary/aromatic N) is 1. The fourth-order valence-electron chi connectivity index (χ4n) is 1.31. The van der Waals surface area contributed by atoms with E-state index in [1.54, 1.807) is 0 Å². The number of amides is 1. The predicted octanol–water partition coefficient (Wildman–Crippen LogP) is 0.312. The van der Waals surface area contributed by atoms with Crippen molar-refractivity contribution in [3.63, 3.8) is 0 Å². The Morgan fingerprint density at radius 3 is 2.58 bits per heavy atom. The molecule has 0 aromatic heterocycles. The number of halogens is 1. The molecule has 0 aliphatic rings. The Labute approximate surface area is 117 Å². The average molecular weight is 307 g/mol. The molecule has 1 aromatic rings. The van der Waals surface area contributed by atoms with Crippen molar-refractivity contribution in [3.05, 3.63) is 28.8 Å². The second kappa shape index (κ2) is 6.33. The van der Waals surface area contributed by atoms with Gasteiger partial charge in [-0.2, -0.15) is 0 Å². The van der Waals surface area contributed by atoms with Gasteiger partial charge in [0.05, 0.1) is 22.1 Å². The van der Waals surface area contributed by atoms with E-state index in [1.807, 2.05) is 0 Å². The molecular formula is C11H15ClN2O4S. The molecule has 0 aliphatic heterocycles. The van der Waals surface area contributed by atoms with E-state index < -0.39 is 15.9 Å². The zero-order valence-corrected chi connectivity index (χ0v) is 12.1. The zero-order chi connectivity index (χ0) is 14.6. The SMILES string of the molecule is CN(C)S(=O)(=O)c1ccc(Cl)c(C(=O)NCCO)c1. The molecule has 0 saturated carbocycles. The van der Waals surface area contributed by atoms with Gasteiger partial charge in [-0.1, -0.05) is 11.6 Å². The highest BCUT2D eigenvalue weighted by molar-refractivity contribution is 7.89. The van der Waals surface area contributed by atoms with Crippen molar-refractivity contribution in [3.8, 4) is 0 Å². The standard InChI is InChI=1S/C11H15ClN2O4S/c1-14(2)19(17,18)8-3-4-10(12)9(7-8)11(16)13-5-6-15/h3-4,7,15H,5-6H2,1-2H3,(H,13,16).